The molecule has 0 aliphatic carbocycles. The van der Waals surface area contributed by atoms with Crippen molar-refractivity contribution < 1.29 is 9.53 Å². The average molecular weight is 320 g/mol. The van der Waals surface area contributed by atoms with E-state index in [4.69, 9.17) is 4.74 Å². The monoisotopic (exact) mass is 320 g/mol. The van der Waals surface area contributed by atoms with Crippen molar-refractivity contribution in [3.8, 4) is 0 Å². The van der Waals surface area contributed by atoms with E-state index in [1.807, 2.05) is 33.8 Å². The summed E-state index contributed by atoms with van der Waals surface area (Å²) in [7, 11) is 0. The van der Waals surface area contributed by atoms with Gasteiger partial charge in [-0.25, -0.2) is 4.79 Å². The summed E-state index contributed by atoms with van der Waals surface area (Å²) in [6, 6.07) is 10.6. The quantitative estimate of drug-likeness (QED) is 0.735. The SMILES string of the molecule is CCN(CCNCCC(C)c1ccccc1)C(=O)OC(C)(C)C. The van der Waals surface area contributed by atoms with Gasteiger partial charge in [-0.05, 0) is 52.1 Å². The first-order chi connectivity index (χ1) is 10.8. The molecule has 0 aromatic heterocycles. The molecule has 0 spiro atoms. The van der Waals surface area contributed by atoms with Crippen molar-refractivity contribution in [1.82, 2.24) is 10.2 Å². The van der Waals surface area contributed by atoms with Gasteiger partial charge in [-0.2, -0.15) is 0 Å². The summed E-state index contributed by atoms with van der Waals surface area (Å²) in [6.07, 6.45) is 0.849. The molecular weight excluding hydrogens is 288 g/mol. The Balaban J connectivity index is 2.24. The lowest BCUT2D eigenvalue weighted by Crippen LogP contribution is -2.40. The van der Waals surface area contributed by atoms with Gasteiger partial charge in [0.2, 0.25) is 0 Å². The van der Waals surface area contributed by atoms with Crippen LogP contribution in [0.2, 0.25) is 0 Å². The van der Waals surface area contributed by atoms with Gasteiger partial charge in [0.25, 0.3) is 0 Å². The third-order valence-corrected chi connectivity index (χ3v) is 3.71. The van der Waals surface area contributed by atoms with Crippen molar-refractivity contribution in [2.24, 2.45) is 0 Å². The summed E-state index contributed by atoms with van der Waals surface area (Å²) in [4.78, 5) is 13.8. The highest BCUT2D eigenvalue weighted by Crippen LogP contribution is 2.17. The molecule has 0 bridgehead atoms. The van der Waals surface area contributed by atoms with Crippen LogP contribution in [0.3, 0.4) is 0 Å². The Bertz CT molecular complexity index is 454. The zero-order valence-electron chi connectivity index (χ0n) is 15.3. The number of hydrogen-bond acceptors (Lipinski definition) is 3. The molecule has 1 amide bonds. The molecule has 1 aromatic rings. The van der Waals surface area contributed by atoms with Crippen LogP contribution in [0.4, 0.5) is 4.79 Å². The lowest BCUT2D eigenvalue weighted by molar-refractivity contribution is 0.0262. The van der Waals surface area contributed by atoms with Crippen LogP contribution >= 0.6 is 0 Å². The molecule has 23 heavy (non-hydrogen) atoms. The van der Waals surface area contributed by atoms with Crippen LogP contribution in [-0.4, -0.2) is 42.8 Å². The normalized spacial score (nSPS) is 12.7. The van der Waals surface area contributed by atoms with E-state index in [-0.39, 0.29) is 6.09 Å². The Labute approximate surface area is 141 Å². The van der Waals surface area contributed by atoms with Crippen LogP contribution in [0.15, 0.2) is 30.3 Å². The molecule has 1 N–H and O–H groups in total. The Morgan fingerprint density at radius 2 is 1.87 bits per heavy atom. The summed E-state index contributed by atoms with van der Waals surface area (Å²) in [5.41, 5.74) is 0.932. The zero-order valence-corrected chi connectivity index (χ0v) is 15.3. The van der Waals surface area contributed by atoms with Gasteiger partial charge >= 0.3 is 6.09 Å². The number of carbonyl (C=O) groups excluding carboxylic acids is 1. The lowest BCUT2D eigenvalue weighted by atomic mass is 9.98. The van der Waals surface area contributed by atoms with Gasteiger partial charge < -0.3 is 15.0 Å². The summed E-state index contributed by atoms with van der Waals surface area (Å²) in [5.74, 6) is 0.539. The summed E-state index contributed by atoms with van der Waals surface area (Å²) < 4.78 is 5.40. The lowest BCUT2D eigenvalue weighted by Gasteiger charge is -2.26. The number of hydrogen-bond donors (Lipinski definition) is 1. The first kappa shape index (κ1) is 19.5. The fraction of sp³-hybridized carbons (Fsp3) is 0.632. The van der Waals surface area contributed by atoms with Crippen LogP contribution in [0.25, 0.3) is 0 Å². The van der Waals surface area contributed by atoms with Crippen molar-refractivity contribution in [1.29, 1.82) is 0 Å². The molecule has 1 unspecified atom stereocenters. The van der Waals surface area contributed by atoms with Gasteiger partial charge in [-0.15, -0.1) is 0 Å². The Morgan fingerprint density at radius 3 is 2.43 bits per heavy atom. The maximum Gasteiger partial charge on any atom is 0.410 e. The molecule has 0 heterocycles. The van der Waals surface area contributed by atoms with Crippen LogP contribution in [-0.2, 0) is 4.74 Å². The van der Waals surface area contributed by atoms with E-state index in [1.54, 1.807) is 4.90 Å². The van der Waals surface area contributed by atoms with Gasteiger partial charge in [0.05, 0.1) is 0 Å². The predicted octanol–water partition coefficient (Wildman–Crippen LogP) is 4.03. The van der Waals surface area contributed by atoms with E-state index in [1.165, 1.54) is 5.56 Å². The Kier molecular flexibility index (Phi) is 8.10. The molecule has 0 aliphatic rings. The highest BCUT2D eigenvalue weighted by atomic mass is 16.6. The maximum absolute atomic E-state index is 12.0. The van der Waals surface area contributed by atoms with E-state index >= 15 is 0 Å². The van der Waals surface area contributed by atoms with E-state index < -0.39 is 5.60 Å². The standard InChI is InChI=1S/C19H32N2O2/c1-6-21(18(22)23-19(3,4)5)15-14-20-13-12-16(2)17-10-8-7-9-11-17/h7-11,16,20H,6,12-15H2,1-5H3. The smallest absolute Gasteiger partial charge is 0.410 e. The average Bonchev–Trinajstić information content (AvgIpc) is 2.49. The number of rotatable bonds is 8. The van der Waals surface area contributed by atoms with Gasteiger partial charge in [0.1, 0.15) is 5.60 Å². The van der Waals surface area contributed by atoms with Crippen LogP contribution < -0.4 is 5.32 Å². The second-order valence-electron chi connectivity index (χ2n) is 6.91. The second-order valence-corrected chi connectivity index (χ2v) is 6.91. The predicted molar refractivity (Wildman–Crippen MR) is 95.8 cm³/mol. The maximum atomic E-state index is 12.0. The van der Waals surface area contributed by atoms with E-state index in [0.717, 1.165) is 19.5 Å². The van der Waals surface area contributed by atoms with Crippen molar-refractivity contribution in [3.05, 3.63) is 35.9 Å². The van der Waals surface area contributed by atoms with Gasteiger partial charge in [-0.1, -0.05) is 37.3 Å². The minimum Gasteiger partial charge on any atom is -0.444 e. The summed E-state index contributed by atoms with van der Waals surface area (Å²) >= 11 is 0. The molecule has 1 rings (SSSR count). The zero-order chi connectivity index (χ0) is 17.3. The molecule has 1 atom stereocenters. The Hall–Kier alpha value is -1.55. The Morgan fingerprint density at radius 1 is 1.22 bits per heavy atom. The molecule has 0 fully saturated rings. The number of nitrogens with one attached hydrogen (secondary N) is 1. The number of benzene rings is 1. The van der Waals surface area contributed by atoms with Crippen molar-refractivity contribution >= 4 is 6.09 Å². The molecule has 0 radical (unpaired) electrons. The molecular formula is C19H32N2O2. The van der Waals surface area contributed by atoms with Crippen molar-refractivity contribution in [2.75, 3.05) is 26.2 Å². The molecule has 130 valence electrons. The fourth-order valence-electron chi connectivity index (χ4n) is 2.31. The van der Waals surface area contributed by atoms with E-state index in [2.05, 4.69) is 36.5 Å². The van der Waals surface area contributed by atoms with Crippen LogP contribution in [0.5, 0.6) is 0 Å². The highest BCUT2D eigenvalue weighted by Gasteiger charge is 2.20. The van der Waals surface area contributed by atoms with Gasteiger partial charge in [0.15, 0.2) is 0 Å². The first-order valence-corrected chi connectivity index (χ1v) is 8.57. The molecule has 4 heteroatoms. The van der Waals surface area contributed by atoms with Gasteiger partial charge in [-0.3, -0.25) is 0 Å². The minimum absolute atomic E-state index is 0.237. The molecule has 4 nitrogen and oxygen atoms in total. The number of carbonyl (C=O) groups is 1. The largest absolute Gasteiger partial charge is 0.444 e. The minimum atomic E-state index is -0.441. The molecule has 0 saturated carbocycles. The third-order valence-electron chi connectivity index (χ3n) is 3.71. The summed E-state index contributed by atoms with van der Waals surface area (Å²) in [5, 5.41) is 3.42. The number of likely N-dealkylation sites (N-methyl/N-ethyl adjacent to an activating group) is 1. The van der Waals surface area contributed by atoms with Crippen LogP contribution in [0.1, 0.15) is 52.5 Å². The molecule has 1 aromatic carbocycles. The number of nitrogens with zero attached hydrogens (tertiary/aromatic N) is 1. The number of amides is 1. The second kappa shape index (κ2) is 9.56. The number of ether oxygens (including phenoxy) is 1. The molecule has 0 saturated heterocycles. The van der Waals surface area contributed by atoms with Crippen molar-refractivity contribution in [2.45, 2.75) is 52.6 Å². The van der Waals surface area contributed by atoms with Gasteiger partial charge in [0, 0.05) is 19.6 Å². The van der Waals surface area contributed by atoms with E-state index in [0.29, 0.717) is 19.0 Å². The first-order valence-electron chi connectivity index (χ1n) is 8.57. The topological polar surface area (TPSA) is 41.6 Å². The molecule has 0 aliphatic heterocycles. The van der Waals surface area contributed by atoms with Crippen LogP contribution in [0, 0.1) is 0 Å². The highest BCUT2D eigenvalue weighted by molar-refractivity contribution is 5.68. The third kappa shape index (κ3) is 8.03. The fourth-order valence-corrected chi connectivity index (χ4v) is 2.31. The summed E-state index contributed by atoms with van der Waals surface area (Å²) in [6.45, 7) is 13.0. The van der Waals surface area contributed by atoms with Crippen molar-refractivity contribution in [3.63, 3.8) is 0 Å². The van der Waals surface area contributed by atoms with E-state index in [9.17, 15) is 4.79 Å².